The summed E-state index contributed by atoms with van der Waals surface area (Å²) in [6.07, 6.45) is 3.29. The second kappa shape index (κ2) is 7.26. The molecule has 0 amide bonds. The molecule has 0 aromatic carbocycles. The van der Waals surface area contributed by atoms with Gasteiger partial charge < -0.3 is 17.8 Å². The van der Waals surface area contributed by atoms with Crippen LogP contribution in [0.15, 0.2) is 17.1 Å². The fourth-order valence-corrected chi connectivity index (χ4v) is 2.08. The summed E-state index contributed by atoms with van der Waals surface area (Å²) < 4.78 is 37.2. The van der Waals surface area contributed by atoms with Gasteiger partial charge in [-0.2, -0.15) is 5.10 Å². The Kier molecular flexibility index (Phi) is 6.58. The van der Waals surface area contributed by atoms with E-state index in [1.807, 2.05) is 4.90 Å². The average molecular weight is 299 g/mol. The predicted molar refractivity (Wildman–Crippen MR) is 63.6 cm³/mol. The van der Waals surface area contributed by atoms with Crippen molar-refractivity contribution in [2.45, 2.75) is 25.7 Å². The van der Waals surface area contributed by atoms with E-state index >= 15 is 0 Å². The molecule has 0 radical (unpaired) electrons. The van der Waals surface area contributed by atoms with Gasteiger partial charge in [0.2, 0.25) is 0 Å². The second-order valence-electron chi connectivity index (χ2n) is 4.49. The van der Waals surface area contributed by atoms with Gasteiger partial charge in [0.15, 0.2) is 0 Å². The van der Waals surface area contributed by atoms with Gasteiger partial charge in [-0.1, -0.05) is 0 Å². The van der Waals surface area contributed by atoms with Gasteiger partial charge in [-0.3, -0.25) is 9.48 Å². The molecule has 1 aliphatic heterocycles. The molecule has 1 aliphatic rings. The molecule has 0 saturated carbocycles. The van der Waals surface area contributed by atoms with E-state index in [-0.39, 0.29) is 51.4 Å². The largest absolute Gasteiger partial charge is 1.00 e. The van der Waals surface area contributed by atoms with Gasteiger partial charge in [0.05, 0.1) is 11.9 Å². The standard InChI is InChI=1S/C10H14BF3N3O.K/c12-11(13,14)8-17-10(18)6-9(7-15-17)16-4-2-1-3-5-16;/h6-7H,1-5,8H2;/q-1;+1. The third-order valence-corrected chi connectivity index (χ3v) is 2.96. The Balaban J connectivity index is 0.00000180. The summed E-state index contributed by atoms with van der Waals surface area (Å²) >= 11 is 0. The van der Waals surface area contributed by atoms with Crippen LogP contribution in [0, 0.1) is 0 Å². The van der Waals surface area contributed by atoms with E-state index in [0.29, 0.717) is 10.4 Å². The van der Waals surface area contributed by atoms with Crippen molar-refractivity contribution >= 4 is 12.7 Å². The third-order valence-electron chi connectivity index (χ3n) is 2.96. The van der Waals surface area contributed by atoms with E-state index < -0.39 is 19.0 Å². The molecule has 1 fully saturated rings. The Morgan fingerprint density at radius 3 is 2.37 bits per heavy atom. The van der Waals surface area contributed by atoms with E-state index in [0.717, 1.165) is 32.4 Å². The van der Waals surface area contributed by atoms with Gasteiger partial charge >= 0.3 is 58.4 Å². The number of nitrogens with zero attached hydrogens (tertiary/aromatic N) is 3. The fourth-order valence-electron chi connectivity index (χ4n) is 2.08. The second-order valence-corrected chi connectivity index (χ2v) is 4.49. The molecular weight excluding hydrogens is 285 g/mol. The van der Waals surface area contributed by atoms with Crippen molar-refractivity contribution in [2.75, 3.05) is 18.0 Å². The molecule has 2 rings (SSSR count). The first-order valence-corrected chi connectivity index (χ1v) is 5.99. The molecule has 1 aromatic heterocycles. The Labute approximate surface area is 151 Å². The van der Waals surface area contributed by atoms with Crippen LogP contribution in [0.25, 0.3) is 0 Å². The maximum absolute atomic E-state index is 12.2. The predicted octanol–water partition coefficient (Wildman–Crippen LogP) is -1.38. The molecule has 0 unspecified atom stereocenters. The molecule has 0 N–H and O–H groups in total. The SMILES string of the molecule is O=c1cc(N2CCCCC2)cnn1C[B-](F)(F)F.[K+]. The van der Waals surface area contributed by atoms with Crippen LogP contribution in [0.1, 0.15) is 19.3 Å². The molecule has 0 spiro atoms. The third kappa shape index (κ3) is 5.22. The Hall–Kier alpha value is 0.171. The number of hydrogen-bond acceptors (Lipinski definition) is 3. The van der Waals surface area contributed by atoms with Crippen LogP contribution in [0.4, 0.5) is 18.6 Å². The van der Waals surface area contributed by atoms with Crippen LogP contribution in [0.3, 0.4) is 0 Å². The van der Waals surface area contributed by atoms with Crippen molar-refractivity contribution in [1.82, 2.24) is 9.78 Å². The number of anilines is 1. The monoisotopic (exact) mass is 299 g/mol. The number of piperidine rings is 1. The molecule has 1 saturated heterocycles. The summed E-state index contributed by atoms with van der Waals surface area (Å²) in [6, 6.07) is 1.24. The maximum Gasteiger partial charge on any atom is 1.00 e. The first-order valence-electron chi connectivity index (χ1n) is 5.99. The van der Waals surface area contributed by atoms with E-state index in [9.17, 15) is 17.7 Å². The molecule has 19 heavy (non-hydrogen) atoms. The van der Waals surface area contributed by atoms with Gasteiger partial charge in [0.1, 0.15) is 0 Å². The molecule has 1 aromatic rings. The molecule has 0 bridgehead atoms. The quantitative estimate of drug-likeness (QED) is 0.646. The minimum atomic E-state index is -5.04. The zero-order valence-electron chi connectivity index (χ0n) is 10.9. The fraction of sp³-hybridized carbons (Fsp3) is 0.600. The summed E-state index contributed by atoms with van der Waals surface area (Å²) in [5.41, 5.74) is -0.0807. The van der Waals surface area contributed by atoms with Gasteiger partial charge in [0, 0.05) is 25.6 Å². The van der Waals surface area contributed by atoms with Gasteiger partial charge in [0.25, 0.3) is 5.56 Å². The molecule has 4 nitrogen and oxygen atoms in total. The molecule has 0 aliphatic carbocycles. The minimum absolute atomic E-state index is 0. The Bertz CT molecular complexity index is 474. The van der Waals surface area contributed by atoms with Crippen molar-refractivity contribution in [3.63, 3.8) is 0 Å². The molecule has 100 valence electrons. The van der Waals surface area contributed by atoms with Crippen molar-refractivity contribution in [2.24, 2.45) is 0 Å². The molecular formula is C10H14BF3KN3O. The summed E-state index contributed by atoms with van der Waals surface area (Å²) in [5, 5.41) is 3.60. The van der Waals surface area contributed by atoms with Crippen LogP contribution in [0.5, 0.6) is 0 Å². The molecule has 2 heterocycles. The van der Waals surface area contributed by atoms with Crippen molar-refractivity contribution in [1.29, 1.82) is 0 Å². The van der Waals surface area contributed by atoms with E-state index in [1.54, 1.807) is 0 Å². The van der Waals surface area contributed by atoms with Crippen LogP contribution < -0.4 is 61.8 Å². The van der Waals surface area contributed by atoms with Crippen molar-refractivity contribution in [3.8, 4) is 0 Å². The summed E-state index contributed by atoms with van der Waals surface area (Å²) in [6.45, 7) is -3.39. The zero-order valence-corrected chi connectivity index (χ0v) is 14.0. The number of rotatable bonds is 3. The van der Waals surface area contributed by atoms with E-state index in [2.05, 4.69) is 5.10 Å². The van der Waals surface area contributed by atoms with Gasteiger partial charge in [-0.25, -0.2) is 0 Å². The van der Waals surface area contributed by atoms with E-state index in [4.69, 9.17) is 0 Å². The number of halogens is 3. The molecule has 9 heteroatoms. The summed E-state index contributed by atoms with van der Waals surface area (Å²) in [7, 11) is 0. The minimum Gasteiger partial charge on any atom is -0.448 e. The maximum atomic E-state index is 12.2. The smallest absolute Gasteiger partial charge is 0.448 e. The first-order chi connectivity index (χ1) is 8.46. The summed E-state index contributed by atoms with van der Waals surface area (Å²) in [5.74, 6) is 0. The van der Waals surface area contributed by atoms with Gasteiger partial charge in [-0.15, -0.1) is 0 Å². The topological polar surface area (TPSA) is 38.1 Å². The Morgan fingerprint density at radius 2 is 1.84 bits per heavy atom. The van der Waals surface area contributed by atoms with E-state index in [1.165, 1.54) is 12.3 Å². The zero-order chi connectivity index (χ0) is 13.2. The van der Waals surface area contributed by atoms with Crippen LogP contribution >= 0.6 is 0 Å². The van der Waals surface area contributed by atoms with Crippen LogP contribution in [0.2, 0.25) is 0 Å². The average Bonchev–Trinajstić information content (AvgIpc) is 2.31. The summed E-state index contributed by atoms with van der Waals surface area (Å²) in [4.78, 5) is 13.5. The van der Waals surface area contributed by atoms with Crippen LogP contribution in [-0.2, 0) is 6.44 Å². The van der Waals surface area contributed by atoms with Crippen LogP contribution in [-0.4, -0.2) is 29.8 Å². The Morgan fingerprint density at radius 1 is 1.21 bits per heavy atom. The number of aromatic nitrogens is 2. The molecule has 0 atom stereocenters. The number of hydrogen-bond donors (Lipinski definition) is 0. The van der Waals surface area contributed by atoms with Crippen molar-refractivity contribution < 1.29 is 64.3 Å². The van der Waals surface area contributed by atoms with Gasteiger partial charge in [-0.05, 0) is 19.3 Å². The first kappa shape index (κ1) is 17.2. The normalized spacial score (nSPS) is 16.1. The van der Waals surface area contributed by atoms with Crippen molar-refractivity contribution in [3.05, 3.63) is 22.6 Å².